The Kier molecular flexibility index (Phi) is 8.73. The lowest BCUT2D eigenvalue weighted by atomic mass is 10.7. The monoisotopic (exact) mass is 131 g/mol. The molecule has 3 nitrogen and oxygen atoms in total. The predicted molar refractivity (Wildman–Crippen MR) is 36.1 cm³/mol. The third-order valence-electron chi connectivity index (χ3n) is 0.630. The lowest BCUT2D eigenvalue weighted by molar-refractivity contribution is -0.126. The van der Waals surface area contributed by atoms with Crippen LogP contribution in [0.4, 0.5) is 0 Å². The molecule has 1 amide bonds. The molecule has 3 heteroatoms. The van der Waals surface area contributed by atoms with Crippen molar-refractivity contribution in [2.45, 2.75) is 13.8 Å². The van der Waals surface area contributed by atoms with Crippen LogP contribution in [0.2, 0.25) is 0 Å². The van der Waals surface area contributed by atoms with Crippen molar-refractivity contribution in [3.05, 3.63) is 0 Å². The highest BCUT2D eigenvalue weighted by Crippen LogP contribution is 1.69. The average Bonchev–Trinajstić information content (AvgIpc) is 1.68. The maximum absolute atomic E-state index is 10.1. The van der Waals surface area contributed by atoms with Gasteiger partial charge in [0.25, 0.3) is 0 Å². The number of rotatable bonds is 0. The van der Waals surface area contributed by atoms with Crippen LogP contribution in [0, 0.1) is 0 Å². The van der Waals surface area contributed by atoms with E-state index in [1.807, 2.05) is 0 Å². The van der Waals surface area contributed by atoms with Gasteiger partial charge in [0, 0.05) is 21.0 Å². The van der Waals surface area contributed by atoms with Crippen LogP contribution < -0.4 is 0 Å². The summed E-state index contributed by atoms with van der Waals surface area (Å²) in [5.41, 5.74) is 0. The SMILES string of the molecule is CC(=O)N(C)C.CC=O. The summed E-state index contributed by atoms with van der Waals surface area (Å²) >= 11 is 0. The van der Waals surface area contributed by atoms with Crippen molar-refractivity contribution in [2.24, 2.45) is 0 Å². The molecule has 9 heavy (non-hydrogen) atoms. The second kappa shape index (κ2) is 7.14. The highest BCUT2D eigenvalue weighted by Gasteiger charge is 1.87. The number of carbonyl (C=O) groups excluding carboxylic acids is 2. The first-order valence-electron chi connectivity index (χ1n) is 2.64. The second-order valence-electron chi connectivity index (χ2n) is 1.65. The van der Waals surface area contributed by atoms with Crippen molar-refractivity contribution in [2.75, 3.05) is 14.1 Å². The van der Waals surface area contributed by atoms with Crippen molar-refractivity contribution in [3.63, 3.8) is 0 Å². The molecule has 0 heterocycles. The Morgan fingerprint density at radius 1 is 1.44 bits per heavy atom. The van der Waals surface area contributed by atoms with Crippen molar-refractivity contribution >= 4 is 12.2 Å². The average molecular weight is 131 g/mol. The maximum Gasteiger partial charge on any atom is 0.218 e. The Bertz CT molecular complexity index is 89.1. The molecule has 0 fully saturated rings. The molecule has 0 bridgehead atoms. The Morgan fingerprint density at radius 3 is 1.56 bits per heavy atom. The molecule has 0 saturated carbocycles. The highest BCUT2D eigenvalue weighted by molar-refractivity contribution is 5.72. The predicted octanol–water partition coefficient (Wildman–Crippen LogP) is 0.300. The summed E-state index contributed by atoms with van der Waals surface area (Å²) in [4.78, 5) is 20.4. The topological polar surface area (TPSA) is 37.4 Å². The first-order chi connectivity index (χ1) is 4.06. The first-order valence-corrected chi connectivity index (χ1v) is 2.64. The summed E-state index contributed by atoms with van der Waals surface area (Å²) in [6, 6.07) is 0. The van der Waals surface area contributed by atoms with E-state index in [1.165, 1.54) is 18.7 Å². The van der Waals surface area contributed by atoms with Gasteiger partial charge >= 0.3 is 0 Å². The minimum absolute atomic E-state index is 0.0926. The van der Waals surface area contributed by atoms with E-state index in [4.69, 9.17) is 4.79 Å². The van der Waals surface area contributed by atoms with Gasteiger partial charge in [-0.15, -0.1) is 0 Å². The van der Waals surface area contributed by atoms with Gasteiger partial charge in [-0.2, -0.15) is 0 Å². The molecule has 0 saturated heterocycles. The zero-order valence-corrected chi connectivity index (χ0v) is 6.34. The molecule has 0 aromatic carbocycles. The lowest BCUT2D eigenvalue weighted by Gasteiger charge is -2.02. The van der Waals surface area contributed by atoms with Crippen molar-refractivity contribution in [1.29, 1.82) is 0 Å². The highest BCUT2D eigenvalue weighted by atomic mass is 16.2. The van der Waals surface area contributed by atoms with Gasteiger partial charge in [0.1, 0.15) is 6.29 Å². The summed E-state index contributed by atoms with van der Waals surface area (Å²) in [7, 11) is 3.45. The molecule has 0 radical (unpaired) electrons. The minimum Gasteiger partial charge on any atom is -0.349 e. The van der Waals surface area contributed by atoms with Crippen LogP contribution in [0.25, 0.3) is 0 Å². The van der Waals surface area contributed by atoms with Gasteiger partial charge in [-0.05, 0) is 6.92 Å². The van der Waals surface area contributed by atoms with Gasteiger partial charge in [-0.3, -0.25) is 4.79 Å². The minimum atomic E-state index is 0.0926. The van der Waals surface area contributed by atoms with Gasteiger partial charge in [0.2, 0.25) is 5.91 Å². The van der Waals surface area contributed by atoms with Crippen LogP contribution in [-0.4, -0.2) is 31.2 Å². The molecule has 0 N–H and O–H groups in total. The van der Waals surface area contributed by atoms with Gasteiger partial charge in [-0.25, -0.2) is 0 Å². The third-order valence-corrected chi connectivity index (χ3v) is 0.630. The molecule has 0 aliphatic heterocycles. The smallest absolute Gasteiger partial charge is 0.218 e. The van der Waals surface area contributed by atoms with Crippen LogP contribution in [-0.2, 0) is 9.59 Å². The van der Waals surface area contributed by atoms with E-state index in [0.29, 0.717) is 0 Å². The molecular formula is C6H13NO2. The van der Waals surface area contributed by atoms with Crippen molar-refractivity contribution in [3.8, 4) is 0 Å². The van der Waals surface area contributed by atoms with E-state index in [1.54, 1.807) is 14.1 Å². The first kappa shape index (κ1) is 11.0. The molecule has 0 atom stereocenters. The summed E-state index contributed by atoms with van der Waals surface area (Å²) in [6.07, 6.45) is 0.750. The van der Waals surface area contributed by atoms with E-state index in [0.717, 1.165) is 6.29 Å². The molecule has 0 aliphatic carbocycles. The summed E-state index contributed by atoms with van der Waals surface area (Å²) in [5, 5.41) is 0. The van der Waals surface area contributed by atoms with Gasteiger partial charge in [-0.1, -0.05) is 0 Å². The number of hydrogen-bond acceptors (Lipinski definition) is 2. The van der Waals surface area contributed by atoms with Crippen LogP contribution in [0.3, 0.4) is 0 Å². The molecule has 0 aromatic rings. The van der Waals surface area contributed by atoms with Crippen LogP contribution >= 0.6 is 0 Å². The lowest BCUT2D eigenvalue weighted by Crippen LogP contribution is -2.17. The molecule has 0 unspecified atom stereocenters. The second-order valence-corrected chi connectivity index (χ2v) is 1.65. The quantitative estimate of drug-likeness (QED) is 0.443. The zero-order valence-electron chi connectivity index (χ0n) is 6.34. The number of amides is 1. The standard InChI is InChI=1S/C4H9NO.C2H4O/c1-4(6)5(2)3;1-2-3/h1-3H3;2H,1H3. The third kappa shape index (κ3) is 19.1. The molecule has 54 valence electrons. The fraction of sp³-hybridized carbons (Fsp3) is 0.667. The normalized spacial score (nSPS) is 6.67. The van der Waals surface area contributed by atoms with Crippen LogP contribution in [0.1, 0.15) is 13.8 Å². The maximum atomic E-state index is 10.1. The fourth-order valence-corrected chi connectivity index (χ4v) is 0. The van der Waals surface area contributed by atoms with E-state index < -0.39 is 0 Å². The Labute approximate surface area is 55.7 Å². The molecule has 0 rings (SSSR count). The number of nitrogens with zero attached hydrogens (tertiary/aromatic N) is 1. The number of carbonyl (C=O) groups is 2. The van der Waals surface area contributed by atoms with Crippen molar-refractivity contribution in [1.82, 2.24) is 4.90 Å². The Balaban J connectivity index is 0. The van der Waals surface area contributed by atoms with E-state index in [9.17, 15) is 4.79 Å². The Hall–Kier alpha value is -0.860. The summed E-state index contributed by atoms with van der Waals surface area (Å²) < 4.78 is 0. The van der Waals surface area contributed by atoms with Crippen molar-refractivity contribution < 1.29 is 9.59 Å². The Morgan fingerprint density at radius 2 is 1.56 bits per heavy atom. The van der Waals surface area contributed by atoms with Crippen LogP contribution in [0.15, 0.2) is 0 Å². The molecule has 0 spiro atoms. The van der Waals surface area contributed by atoms with Gasteiger partial charge < -0.3 is 9.69 Å². The van der Waals surface area contributed by atoms with Gasteiger partial charge in [0.05, 0.1) is 0 Å². The molecule has 0 aromatic heterocycles. The fourth-order valence-electron chi connectivity index (χ4n) is 0. The zero-order chi connectivity index (χ0) is 7.86. The molecule has 0 aliphatic rings. The summed E-state index contributed by atoms with van der Waals surface area (Å²) in [5.74, 6) is 0.0926. The number of hydrogen-bond donors (Lipinski definition) is 0. The molecular weight excluding hydrogens is 118 g/mol. The summed E-state index contributed by atoms with van der Waals surface area (Å²) in [6.45, 7) is 2.97. The number of aldehydes is 1. The van der Waals surface area contributed by atoms with E-state index in [2.05, 4.69) is 0 Å². The largest absolute Gasteiger partial charge is 0.349 e. The van der Waals surface area contributed by atoms with E-state index in [-0.39, 0.29) is 5.91 Å². The van der Waals surface area contributed by atoms with Gasteiger partial charge in [0.15, 0.2) is 0 Å². The van der Waals surface area contributed by atoms with Crippen LogP contribution in [0.5, 0.6) is 0 Å². The van der Waals surface area contributed by atoms with E-state index >= 15 is 0 Å².